The monoisotopic (exact) mass is 286 g/mol. The molecule has 0 spiro atoms. The second kappa shape index (κ2) is 6.13. The van der Waals surface area contributed by atoms with Crippen LogP contribution in [-0.2, 0) is 6.54 Å². The minimum Gasteiger partial charge on any atom is -0.497 e. The highest BCUT2D eigenvalue weighted by Gasteiger charge is 2.14. The third kappa shape index (κ3) is 3.42. The number of anilines is 2. The number of nitrogen functional groups attached to an aromatic ring is 1. The highest BCUT2D eigenvalue weighted by atomic mass is 16.5. The minimum atomic E-state index is -0.553. The summed E-state index contributed by atoms with van der Waals surface area (Å²) >= 11 is 0. The van der Waals surface area contributed by atoms with Gasteiger partial charge in [0, 0.05) is 13.6 Å². The van der Waals surface area contributed by atoms with Crippen molar-refractivity contribution in [1.29, 1.82) is 0 Å². The number of primary amides is 1. The van der Waals surface area contributed by atoms with Gasteiger partial charge < -0.3 is 21.1 Å². The molecular weight excluding hydrogens is 268 g/mol. The number of aromatic nitrogens is 1. The van der Waals surface area contributed by atoms with E-state index in [1.165, 1.54) is 12.3 Å². The molecule has 0 atom stereocenters. The third-order valence-corrected chi connectivity index (χ3v) is 3.07. The maximum Gasteiger partial charge on any atom is 0.252 e. The lowest BCUT2D eigenvalue weighted by Crippen LogP contribution is -2.23. The van der Waals surface area contributed by atoms with Crippen LogP contribution in [0.5, 0.6) is 5.75 Å². The van der Waals surface area contributed by atoms with Gasteiger partial charge >= 0.3 is 0 Å². The van der Waals surface area contributed by atoms with E-state index in [1.807, 2.05) is 36.2 Å². The van der Waals surface area contributed by atoms with Gasteiger partial charge in [-0.2, -0.15) is 0 Å². The van der Waals surface area contributed by atoms with E-state index < -0.39 is 5.91 Å². The zero-order valence-corrected chi connectivity index (χ0v) is 12.0. The van der Waals surface area contributed by atoms with Gasteiger partial charge in [0.25, 0.3) is 5.91 Å². The average Bonchev–Trinajstić information content (AvgIpc) is 2.47. The van der Waals surface area contributed by atoms with Crippen molar-refractivity contribution >= 4 is 17.4 Å². The van der Waals surface area contributed by atoms with Crippen molar-refractivity contribution in [3.05, 3.63) is 47.7 Å². The summed E-state index contributed by atoms with van der Waals surface area (Å²) in [5, 5.41) is 0. The Morgan fingerprint density at radius 1 is 1.38 bits per heavy atom. The van der Waals surface area contributed by atoms with Crippen LogP contribution in [0, 0.1) is 0 Å². The predicted octanol–water partition coefficient (Wildman–Crippen LogP) is 1.41. The van der Waals surface area contributed by atoms with Crippen LogP contribution in [0.3, 0.4) is 0 Å². The van der Waals surface area contributed by atoms with E-state index in [0.29, 0.717) is 23.6 Å². The Labute approximate surface area is 123 Å². The Hall–Kier alpha value is -2.76. The second-order valence-electron chi connectivity index (χ2n) is 4.71. The molecule has 0 radical (unpaired) electrons. The number of amides is 1. The van der Waals surface area contributed by atoms with E-state index in [1.54, 1.807) is 7.11 Å². The molecule has 4 N–H and O–H groups in total. The zero-order chi connectivity index (χ0) is 15.4. The lowest BCUT2D eigenvalue weighted by molar-refractivity contribution is 0.100. The molecule has 0 saturated carbocycles. The number of benzene rings is 1. The summed E-state index contributed by atoms with van der Waals surface area (Å²) in [7, 11) is 3.46. The number of methoxy groups -OCH3 is 1. The molecule has 6 heteroatoms. The fourth-order valence-electron chi connectivity index (χ4n) is 2.08. The van der Waals surface area contributed by atoms with Crippen LogP contribution in [-0.4, -0.2) is 25.0 Å². The predicted molar refractivity (Wildman–Crippen MR) is 82.3 cm³/mol. The van der Waals surface area contributed by atoms with Crippen LogP contribution in [0.15, 0.2) is 36.5 Å². The number of carbonyl (C=O) groups is 1. The molecule has 1 amide bonds. The molecule has 1 heterocycles. The van der Waals surface area contributed by atoms with E-state index in [2.05, 4.69) is 4.98 Å². The molecule has 1 aromatic carbocycles. The van der Waals surface area contributed by atoms with Gasteiger partial charge in [-0.25, -0.2) is 4.98 Å². The zero-order valence-electron chi connectivity index (χ0n) is 12.0. The van der Waals surface area contributed by atoms with E-state index in [-0.39, 0.29) is 0 Å². The first-order valence-electron chi connectivity index (χ1n) is 6.40. The summed E-state index contributed by atoms with van der Waals surface area (Å²) in [5.74, 6) is 0.725. The topological polar surface area (TPSA) is 94.5 Å². The standard InChI is InChI=1S/C15H18N4O2/c1-19(9-10-4-3-5-12(6-10)21-2)15-13(14(17)20)7-11(16)8-18-15/h3-8H,9,16H2,1-2H3,(H2,17,20). The number of rotatable bonds is 5. The minimum absolute atomic E-state index is 0.306. The maximum absolute atomic E-state index is 11.5. The number of carbonyl (C=O) groups excluding carboxylic acids is 1. The normalized spacial score (nSPS) is 10.2. The largest absolute Gasteiger partial charge is 0.497 e. The van der Waals surface area contributed by atoms with Gasteiger partial charge in [-0.05, 0) is 23.8 Å². The lowest BCUT2D eigenvalue weighted by atomic mass is 10.1. The van der Waals surface area contributed by atoms with Gasteiger partial charge in [-0.3, -0.25) is 4.79 Å². The summed E-state index contributed by atoms with van der Waals surface area (Å²) in [5.41, 5.74) is 12.8. The Morgan fingerprint density at radius 3 is 2.81 bits per heavy atom. The fraction of sp³-hybridized carbons (Fsp3) is 0.200. The molecule has 0 unspecified atom stereocenters. The molecular formula is C15H18N4O2. The van der Waals surface area contributed by atoms with Crippen molar-refractivity contribution in [3.8, 4) is 5.75 Å². The molecule has 2 rings (SSSR count). The Kier molecular flexibility index (Phi) is 4.27. The number of nitrogens with two attached hydrogens (primary N) is 2. The van der Waals surface area contributed by atoms with Crippen molar-refractivity contribution in [2.45, 2.75) is 6.54 Å². The SMILES string of the molecule is COc1cccc(CN(C)c2ncc(N)cc2C(N)=O)c1. The molecule has 0 aliphatic carbocycles. The number of pyridine rings is 1. The molecule has 2 aromatic rings. The van der Waals surface area contributed by atoms with Crippen LogP contribution in [0.1, 0.15) is 15.9 Å². The highest BCUT2D eigenvalue weighted by molar-refractivity contribution is 5.98. The Balaban J connectivity index is 2.27. The van der Waals surface area contributed by atoms with E-state index >= 15 is 0 Å². The summed E-state index contributed by atoms with van der Waals surface area (Å²) < 4.78 is 5.20. The number of ether oxygens (including phenoxy) is 1. The summed E-state index contributed by atoms with van der Waals surface area (Å²) in [6, 6.07) is 9.22. The molecule has 21 heavy (non-hydrogen) atoms. The molecule has 0 bridgehead atoms. The van der Waals surface area contributed by atoms with Crippen LogP contribution < -0.4 is 21.1 Å². The summed E-state index contributed by atoms with van der Waals surface area (Å²) in [6.07, 6.45) is 1.50. The van der Waals surface area contributed by atoms with E-state index in [9.17, 15) is 4.79 Å². The first kappa shape index (κ1) is 14.6. The molecule has 0 fully saturated rings. The van der Waals surface area contributed by atoms with E-state index in [4.69, 9.17) is 16.2 Å². The Bertz CT molecular complexity index is 658. The van der Waals surface area contributed by atoms with Crippen molar-refractivity contribution in [2.75, 3.05) is 24.8 Å². The van der Waals surface area contributed by atoms with Crippen LogP contribution in [0.2, 0.25) is 0 Å². The summed E-state index contributed by atoms with van der Waals surface area (Å²) in [4.78, 5) is 17.6. The first-order valence-corrected chi connectivity index (χ1v) is 6.40. The van der Waals surface area contributed by atoms with Gasteiger partial charge in [0.05, 0.1) is 24.6 Å². The maximum atomic E-state index is 11.5. The molecule has 6 nitrogen and oxygen atoms in total. The first-order chi connectivity index (χ1) is 10.0. The van der Waals surface area contributed by atoms with Gasteiger partial charge in [0.1, 0.15) is 11.6 Å². The molecule has 0 saturated heterocycles. The van der Waals surface area contributed by atoms with Crippen LogP contribution in [0.25, 0.3) is 0 Å². The molecule has 1 aromatic heterocycles. The second-order valence-corrected chi connectivity index (χ2v) is 4.71. The van der Waals surface area contributed by atoms with Crippen LogP contribution >= 0.6 is 0 Å². The van der Waals surface area contributed by atoms with Crippen molar-refractivity contribution in [1.82, 2.24) is 4.98 Å². The number of hydrogen-bond donors (Lipinski definition) is 2. The summed E-state index contributed by atoms with van der Waals surface area (Å²) in [6.45, 7) is 0.564. The molecule has 110 valence electrons. The van der Waals surface area contributed by atoms with Gasteiger partial charge in [-0.1, -0.05) is 12.1 Å². The van der Waals surface area contributed by atoms with Crippen molar-refractivity contribution in [2.24, 2.45) is 5.73 Å². The van der Waals surface area contributed by atoms with Crippen LogP contribution in [0.4, 0.5) is 11.5 Å². The van der Waals surface area contributed by atoms with Gasteiger partial charge in [0.2, 0.25) is 0 Å². The van der Waals surface area contributed by atoms with Gasteiger partial charge in [0.15, 0.2) is 0 Å². The lowest BCUT2D eigenvalue weighted by Gasteiger charge is -2.20. The fourth-order valence-corrected chi connectivity index (χ4v) is 2.08. The molecule has 0 aliphatic heterocycles. The van der Waals surface area contributed by atoms with Crippen molar-refractivity contribution < 1.29 is 9.53 Å². The molecule has 0 aliphatic rings. The number of nitrogens with zero attached hydrogens (tertiary/aromatic N) is 2. The Morgan fingerprint density at radius 2 is 2.14 bits per heavy atom. The van der Waals surface area contributed by atoms with Crippen molar-refractivity contribution in [3.63, 3.8) is 0 Å². The van der Waals surface area contributed by atoms with E-state index in [0.717, 1.165) is 11.3 Å². The average molecular weight is 286 g/mol. The van der Waals surface area contributed by atoms with Gasteiger partial charge in [-0.15, -0.1) is 0 Å². The smallest absolute Gasteiger partial charge is 0.252 e. The quantitative estimate of drug-likeness (QED) is 0.866. The number of hydrogen-bond acceptors (Lipinski definition) is 5. The third-order valence-electron chi connectivity index (χ3n) is 3.07. The highest BCUT2D eigenvalue weighted by Crippen LogP contribution is 2.21.